The first kappa shape index (κ1) is 19.0. The number of fused-ring (bicyclic) bond motifs is 1. The van der Waals surface area contributed by atoms with Gasteiger partial charge in [-0.3, -0.25) is 0 Å². The molecular weight excluding hydrogens is 390 g/mol. The zero-order chi connectivity index (χ0) is 20.4. The van der Waals surface area contributed by atoms with E-state index < -0.39 is 35.7 Å². The third-order valence-corrected chi connectivity index (χ3v) is 5.58. The Bertz CT molecular complexity index is 881. The molecule has 2 aromatic heterocycles. The fraction of sp³-hybridized carbons (Fsp3) is 0.529. The Balaban J connectivity index is 1.80. The minimum Gasteiger partial charge on any atom is -0.383 e. The van der Waals surface area contributed by atoms with E-state index in [-0.39, 0.29) is 23.2 Å². The van der Waals surface area contributed by atoms with Crippen LogP contribution >= 0.6 is 0 Å². The molecule has 0 saturated heterocycles. The maximum atomic E-state index is 13.1. The SMILES string of the molecule is Nc1ncc(-c2cn(C3CC4CC3C4)c(C(O)C(F)(F)F)n2)cc1C(F)(F)F. The van der Waals surface area contributed by atoms with Crippen molar-refractivity contribution >= 4 is 5.82 Å². The van der Waals surface area contributed by atoms with Crippen molar-refractivity contribution in [3.8, 4) is 11.3 Å². The number of alkyl halides is 6. The molecule has 5 rings (SSSR count). The second-order valence-corrected chi connectivity index (χ2v) is 7.39. The highest BCUT2D eigenvalue weighted by atomic mass is 19.4. The molecule has 2 unspecified atom stereocenters. The molecule has 5 nitrogen and oxygen atoms in total. The summed E-state index contributed by atoms with van der Waals surface area (Å²) >= 11 is 0. The van der Waals surface area contributed by atoms with Crippen LogP contribution in [-0.2, 0) is 6.18 Å². The van der Waals surface area contributed by atoms with E-state index in [1.54, 1.807) is 0 Å². The summed E-state index contributed by atoms with van der Waals surface area (Å²) in [6.45, 7) is 0. The second kappa shape index (κ2) is 6.10. The molecule has 0 radical (unpaired) electrons. The fourth-order valence-corrected chi connectivity index (χ4v) is 4.17. The molecule has 28 heavy (non-hydrogen) atoms. The number of nitrogens with two attached hydrogens (primary N) is 1. The summed E-state index contributed by atoms with van der Waals surface area (Å²) in [6.07, 6.45) is -7.81. The molecule has 2 bridgehead atoms. The molecule has 11 heteroatoms. The van der Waals surface area contributed by atoms with Crippen LogP contribution in [0.25, 0.3) is 11.3 Å². The smallest absolute Gasteiger partial charge is 0.383 e. The minimum atomic E-state index is -4.95. The first-order chi connectivity index (χ1) is 12.9. The highest BCUT2D eigenvalue weighted by Crippen LogP contribution is 2.55. The number of aliphatic hydroxyl groups is 1. The van der Waals surface area contributed by atoms with Crippen LogP contribution < -0.4 is 5.73 Å². The summed E-state index contributed by atoms with van der Waals surface area (Å²) in [7, 11) is 0. The molecular formula is C17H16F6N4O. The molecule has 3 fully saturated rings. The first-order valence-electron chi connectivity index (χ1n) is 8.61. The number of aliphatic hydroxyl groups excluding tert-OH is 1. The topological polar surface area (TPSA) is 77.0 Å². The van der Waals surface area contributed by atoms with Crippen LogP contribution in [0.5, 0.6) is 0 Å². The molecule has 0 aromatic carbocycles. The van der Waals surface area contributed by atoms with Gasteiger partial charge in [-0.05, 0) is 37.2 Å². The summed E-state index contributed by atoms with van der Waals surface area (Å²) in [6, 6.07) is 0.440. The summed E-state index contributed by atoms with van der Waals surface area (Å²) < 4.78 is 79.9. The number of pyridine rings is 1. The Morgan fingerprint density at radius 1 is 1.14 bits per heavy atom. The summed E-state index contributed by atoms with van der Waals surface area (Å²) in [5.41, 5.74) is 3.83. The quantitative estimate of drug-likeness (QED) is 0.752. The lowest BCUT2D eigenvalue weighted by molar-refractivity contribution is -0.210. The van der Waals surface area contributed by atoms with E-state index in [2.05, 4.69) is 9.97 Å². The third kappa shape index (κ3) is 3.11. The van der Waals surface area contributed by atoms with Crippen LogP contribution in [0.2, 0.25) is 0 Å². The number of anilines is 1. The Morgan fingerprint density at radius 2 is 1.82 bits per heavy atom. The van der Waals surface area contributed by atoms with E-state index in [4.69, 9.17) is 5.73 Å². The third-order valence-electron chi connectivity index (χ3n) is 5.58. The van der Waals surface area contributed by atoms with Crippen LogP contribution in [0.4, 0.5) is 32.2 Å². The van der Waals surface area contributed by atoms with Gasteiger partial charge in [0.2, 0.25) is 6.10 Å². The van der Waals surface area contributed by atoms with Crippen molar-refractivity contribution in [3.63, 3.8) is 0 Å². The van der Waals surface area contributed by atoms with Crippen molar-refractivity contribution in [1.82, 2.24) is 14.5 Å². The van der Waals surface area contributed by atoms with Crippen molar-refractivity contribution in [2.24, 2.45) is 11.8 Å². The van der Waals surface area contributed by atoms with Gasteiger partial charge in [0.15, 0.2) is 0 Å². The molecule has 0 spiro atoms. The maximum Gasteiger partial charge on any atom is 0.421 e. The summed E-state index contributed by atoms with van der Waals surface area (Å²) in [5.74, 6) is -0.749. The van der Waals surface area contributed by atoms with E-state index in [1.807, 2.05) is 0 Å². The predicted octanol–water partition coefficient (Wildman–Crippen LogP) is 4.11. The Labute approximate surface area is 155 Å². The van der Waals surface area contributed by atoms with Crippen LogP contribution in [0.15, 0.2) is 18.5 Å². The average Bonchev–Trinajstić information content (AvgIpc) is 3.24. The van der Waals surface area contributed by atoms with E-state index in [0.29, 0.717) is 18.4 Å². The number of rotatable bonds is 3. The Morgan fingerprint density at radius 3 is 2.36 bits per heavy atom. The van der Waals surface area contributed by atoms with Gasteiger partial charge < -0.3 is 15.4 Å². The number of hydrogen-bond acceptors (Lipinski definition) is 4. The van der Waals surface area contributed by atoms with E-state index in [9.17, 15) is 31.4 Å². The first-order valence-corrected chi connectivity index (χ1v) is 8.61. The molecule has 2 aromatic rings. The molecule has 152 valence electrons. The summed E-state index contributed by atoms with van der Waals surface area (Å²) in [5, 5.41) is 9.76. The fourth-order valence-electron chi connectivity index (χ4n) is 4.17. The van der Waals surface area contributed by atoms with Gasteiger partial charge in [-0.25, -0.2) is 9.97 Å². The van der Waals surface area contributed by atoms with E-state index >= 15 is 0 Å². The van der Waals surface area contributed by atoms with Gasteiger partial charge in [0.05, 0.1) is 11.3 Å². The largest absolute Gasteiger partial charge is 0.421 e. The predicted molar refractivity (Wildman–Crippen MR) is 85.8 cm³/mol. The number of nitrogen functional groups attached to an aromatic ring is 1. The Hall–Kier alpha value is -2.30. The van der Waals surface area contributed by atoms with E-state index in [0.717, 1.165) is 19.0 Å². The second-order valence-electron chi connectivity index (χ2n) is 7.39. The summed E-state index contributed by atoms with van der Waals surface area (Å²) in [4.78, 5) is 7.34. The number of aromatic nitrogens is 3. The average molecular weight is 406 g/mol. The molecule has 3 aliphatic rings. The highest BCUT2D eigenvalue weighted by molar-refractivity contribution is 5.62. The lowest BCUT2D eigenvalue weighted by atomic mass is 9.84. The molecule has 2 atom stereocenters. The molecule has 0 aliphatic heterocycles. The maximum absolute atomic E-state index is 13.1. The number of halogens is 6. The molecule has 3 aliphatic carbocycles. The van der Waals surface area contributed by atoms with Crippen molar-refractivity contribution < 1.29 is 31.4 Å². The van der Waals surface area contributed by atoms with Crippen LogP contribution in [0.1, 0.15) is 42.8 Å². The molecule has 2 heterocycles. The van der Waals surface area contributed by atoms with Gasteiger partial charge >= 0.3 is 12.4 Å². The monoisotopic (exact) mass is 406 g/mol. The standard InChI is InChI=1S/C17H16F6N4O/c18-16(19,20)10-4-9(5-25-14(10)24)11-6-27(12-3-7-1-8(12)2-7)15(26-11)13(28)17(21,22)23/h4-8,12-13,28H,1-3H2,(H2,24,25). The zero-order valence-corrected chi connectivity index (χ0v) is 14.3. The van der Waals surface area contributed by atoms with Crippen LogP contribution in [0.3, 0.4) is 0 Å². The normalized spacial score (nSPS) is 25.6. The van der Waals surface area contributed by atoms with Gasteiger partial charge in [-0.1, -0.05) is 0 Å². The highest BCUT2D eigenvalue weighted by Gasteiger charge is 2.49. The molecule has 3 N–H and O–H groups in total. The number of imidazole rings is 1. The number of nitrogens with zero attached hydrogens (tertiary/aromatic N) is 3. The van der Waals surface area contributed by atoms with Crippen molar-refractivity contribution in [2.75, 3.05) is 5.73 Å². The van der Waals surface area contributed by atoms with Crippen molar-refractivity contribution in [2.45, 2.75) is 43.8 Å². The minimum absolute atomic E-state index is 0.124. The van der Waals surface area contributed by atoms with Crippen LogP contribution in [0, 0.1) is 11.8 Å². The van der Waals surface area contributed by atoms with Crippen molar-refractivity contribution in [1.29, 1.82) is 0 Å². The zero-order valence-electron chi connectivity index (χ0n) is 14.3. The van der Waals surface area contributed by atoms with Gasteiger partial charge in [0.1, 0.15) is 11.6 Å². The lowest BCUT2D eigenvalue weighted by Crippen LogP contribution is -2.26. The number of hydrogen-bond donors (Lipinski definition) is 2. The molecule has 3 saturated carbocycles. The lowest BCUT2D eigenvalue weighted by Gasteiger charge is -2.26. The van der Waals surface area contributed by atoms with Gasteiger partial charge in [0, 0.05) is 24.0 Å². The molecule has 0 amide bonds. The van der Waals surface area contributed by atoms with Gasteiger partial charge in [-0.2, -0.15) is 26.3 Å². The van der Waals surface area contributed by atoms with Crippen molar-refractivity contribution in [3.05, 3.63) is 29.8 Å². The van der Waals surface area contributed by atoms with E-state index in [1.165, 1.54) is 10.8 Å². The van der Waals surface area contributed by atoms with Gasteiger partial charge in [0.25, 0.3) is 0 Å². The Kier molecular flexibility index (Phi) is 4.15. The van der Waals surface area contributed by atoms with Crippen LogP contribution in [-0.4, -0.2) is 25.8 Å². The van der Waals surface area contributed by atoms with Gasteiger partial charge in [-0.15, -0.1) is 0 Å².